The Labute approximate surface area is 882 Å². The minimum absolute atomic E-state index is 0.00157. The number of aromatic hydroxyl groups is 1. The fraction of sp³-hybridized carbons (Fsp3) is 0.626. The van der Waals surface area contributed by atoms with Gasteiger partial charge in [-0.05, 0) is 124 Å². The molecule has 0 radical (unpaired) electrons. The van der Waals surface area contributed by atoms with E-state index in [-0.39, 0.29) is 114 Å². The summed E-state index contributed by atoms with van der Waals surface area (Å²) in [5.41, 5.74) is 20.7. The van der Waals surface area contributed by atoms with Crippen LogP contribution < -0.4 is 70.4 Å². The molecule has 3 saturated heterocycles. The van der Waals surface area contributed by atoms with Crippen LogP contribution in [0.25, 0.3) is 21.8 Å². The van der Waals surface area contributed by atoms with Gasteiger partial charge in [-0.3, -0.25) is 86.3 Å². The van der Waals surface area contributed by atoms with Crippen molar-refractivity contribution in [2.75, 3.05) is 65.4 Å². The molecular formula is C107H162N20O22S. The van der Waals surface area contributed by atoms with Crippen molar-refractivity contribution in [1.29, 1.82) is 0 Å². The van der Waals surface area contributed by atoms with E-state index in [4.69, 9.17) is 22.3 Å². The highest BCUT2D eigenvalue weighted by molar-refractivity contribution is 8.00. The maximum absolute atomic E-state index is 16.1. The van der Waals surface area contributed by atoms with Gasteiger partial charge in [0.25, 0.3) is 0 Å². The highest BCUT2D eigenvalue weighted by Crippen LogP contribution is 2.30. The number of thioether (sulfide) groups is 1. The number of aliphatic carboxylic acids is 2. The molecular weight excluding hydrogens is 1950 g/mol. The Hall–Kier alpha value is -12.8. The molecule has 3 aliphatic heterocycles. The number of carbonyl (C=O) groups excluding carboxylic acids is 16. The normalized spacial score (nSPS) is 23.8. The van der Waals surface area contributed by atoms with Gasteiger partial charge in [-0.25, -0.2) is 0 Å². The number of carbonyl (C=O) groups is 18. The zero-order chi connectivity index (χ0) is 110. The molecule has 0 saturated carbocycles. The van der Waals surface area contributed by atoms with Crippen molar-refractivity contribution < 1.29 is 107 Å². The van der Waals surface area contributed by atoms with Gasteiger partial charge in [0.1, 0.15) is 96.9 Å². The Bertz CT molecular complexity index is 5390. The van der Waals surface area contributed by atoms with Gasteiger partial charge >= 0.3 is 11.9 Å². The van der Waals surface area contributed by atoms with Gasteiger partial charge in [-0.15, -0.1) is 11.8 Å². The number of fused-ring (bicyclic) bond motifs is 4. The first-order valence-corrected chi connectivity index (χ1v) is 54.4. The van der Waals surface area contributed by atoms with Crippen LogP contribution in [0.2, 0.25) is 0 Å². The van der Waals surface area contributed by atoms with Crippen LogP contribution in [0.4, 0.5) is 0 Å². The molecule has 3 aliphatic rings. The first kappa shape index (κ1) is 122. The van der Waals surface area contributed by atoms with E-state index >= 15 is 43.2 Å². The van der Waals surface area contributed by atoms with Crippen LogP contribution in [0.3, 0.4) is 0 Å². The summed E-state index contributed by atoms with van der Waals surface area (Å²) in [6, 6.07) is -1.52. The topological polar surface area (TPSA) is 623 Å². The molecule has 8 rings (SSSR count). The third-order valence-electron chi connectivity index (χ3n) is 28.6. The zero-order valence-electron chi connectivity index (χ0n) is 88.8. The number of unbranched alkanes of at least 4 members (excludes halogenated alkanes) is 15. The number of likely N-dealkylation sites (N-methyl/N-ethyl adjacent to an activating group) is 3. The number of para-hydroxylation sites is 2. The number of nitrogens with two attached hydrogens (primary N) is 3. The first-order chi connectivity index (χ1) is 71.5. The molecule has 0 spiro atoms. The van der Waals surface area contributed by atoms with E-state index in [9.17, 15) is 58.5 Å². The smallest absolute Gasteiger partial charge is 0.323 e. The van der Waals surface area contributed by atoms with Crippen LogP contribution in [0.15, 0.2) is 85.2 Å². The number of aliphatic hydroxyl groups excluding tert-OH is 1. The van der Waals surface area contributed by atoms with Crippen molar-refractivity contribution in [1.82, 2.24) is 87.2 Å². The number of nitrogens with one attached hydrogen (secondary N) is 11. The van der Waals surface area contributed by atoms with Crippen molar-refractivity contribution >= 4 is 140 Å². The predicted molar refractivity (Wildman–Crippen MR) is 567 cm³/mol. The van der Waals surface area contributed by atoms with Crippen molar-refractivity contribution in [2.24, 2.45) is 35.0 Å². The predicted octanol–water partition coefficient (Wildman–Crippen LogP) is 4.46. The molecule has 0 unspecified atom stereocenters. The number of carboxylic acids is 2. The number of aromatic amines is 1. The van der Waals surface area contributed by atoms with Crippen molar-refractivity contribution in [3.63, 3.8) is 0 Å². The average molecular weight is 2110 g/mol. The summed E-state index contributed by atoms with van der Waals surface area (Å²) in [6.45, 7) is 12.2. The van der Waals surface area contributed by atoms with E-state index in [1.165, 1.54) is 72.9 Å². The Morgan fingerprint density at radius 2 is 1.05 bits per heavy atom. The average Bonchev–Trinajstić information content (AvgIpc) is 1.66. The molecule has 5 heterocycles. The van der Waals surface area contributed by atoms with E-state index in [0.29, 0.717) is 77.0 Å². The quantitative estimate of drug-likeness (QED) is 0.0240. The van der Waals surface area contributed by atoms with Crippen molar-refractivity contribution in [3.05, 3.63) is 102 Å². The van der Waals surface area contributed by atoms with Gasteiger partial charge in [-0.2, -0.15) is 0 Å². The van der Waals surface area contributed by atoms with E-state index in [2.05, 4.69) is 58.2 Å². The summed E-state index contributed by atoms with van der Waals surface area (Å²) >= 11 is 0.915. The Balaban J connectivity index is 1.18. The molecule has 16 amide bonds. The number of phenols is 1. The molecule has 42 nitrogen and oxygen atoms in total. The largest absolute Gasteiger partial charge is 0.508 e. The number of aromatic nitrogens is 2. The minimum atomic E-state index is -1.76. The Morgan fingerprint density at radius 1 is 0.513 bits per heavy atom. The molecule has 3 fully saturated rings. The van der Waals surface area contributed by atoms with Crippen molar-refractivity contribution in [2.45, 2.75) is 345 Å². The summed E-state index contributed by atoms with van der Waals surface area (Å²) in [6.07, 6.45) is 14.9. The summed E-state index contributed by atoms with van der Waals surface area (Å²) in [4.78, 5) is 273. The van der Waals surface area contributed by atoms with Gasteiger partial charge in [-0.1, -0.05) is 200 Å². The second-order valence-electron chi connectivity index (χ2n) is 40.9. The van der Waals surface area contributed by atoms with Gasteiger partial charge in [0.2, 0.25) is 94.5 Å². The van der Waals surface area contributed by atoms with Crippen LogP contribution in [0.5, 0.6) is 5.75 Å². The van der Waals surface area contributed by atoms with E-state index in [1.54, 1.807) is 75.5 Å². The van der Waals surface area contributed by atoms with Crippen LogP contribution >= 0.6 is 11.8 Å². The first-order valence-electron chi connectivity index (χ1n) is 53.2. The number of nitrogens with zero attached hydrogens (tertiary/aromatic N) is 6. The highest BCUT2D eigenvalue weighted by atomic mass is 32.2. The maximum Gasteiger partial charge on any atom is 0.323 e. The highest BCUT2D eigenvalue weighted by Gasteiger charge is 2.47. The number of carboxylic acid groups (broad SMARTS) is 2. The number of aliphatic hydroxyl groups is 1. The second-order valence-corrected chi connectivity index (χ2v) is 41.9. The third-order valence-corrected chi connectivity index (χ3v) is 29.6. The lowest BCUT2D eigenvalue weighted by atomic mass is 9.89. The fourth-order valence-electron chi connectivity index (χ4n) is 19.5. The van der Waals surface area contributed by atoms with Crippen molar-refractivity contribution in [3.8, 4) is 5.75 Å². The number of benzene rings is 3. The molecule has 43 heteroatoms. The lowest BCUT2D eigenvalue weighted by Gasteiger charge is -2.37. The molecule has 828 valence electrons. The number of hydrogen-bond donors (Lipinski definition) is 18. The molecule has 2 aromatic heterocycles. The van der Waals surface area contributed by atoms with E-state index in [1.807, 2.05) is 27.7 Å². The number of amides is 16. The van der Waals surface area contributed by atoms with Gasteiger partial charge in [0.05, 0.1) is 18.3 Å². The van der Waals surface area contributed by atoms with Gasteiger partial charge in [0.15, 0.2) is 0 Å². The minimum Gasteiger partial charge on any atom is -0.508 e. The summed E-state index contributed by atoms with van der Waals surface area (Å²) in [5, 5.41) is 69.9. The van der Waals surface area contributed by atoms with Gasteiger partial charge < -0.3 is 125 Å². The number of primary amides is 1. The van der Waals surface area contributed by atoms with Gasteiger partial charge in [0, 0.05) is 119 Å². The standard InChI is InChI=1S/C107H162N20O22S/c1-12-14-38-85-99(141)121-93(66(7)65(5)6)102(144)120-83(95(137)111-49-33-27-25-23-21-19-17-16-18-20-22-24-26-28-42-91(132)133)62-150-63-90(131)113-79(52-68-43-45-71(128)46-44-68)103(145)122(9)67(8)94(136)116-81(56-89(110)130)105(147)126-50-34-41-86(126)100(142)119-82(57-109)98(140)117-78(51-64(3)4)106(148)127-60-72(129)55-88(127)101(143)115-77(53-69-58-112-75-37-31-29-35-73(69)75)97(139)114-76(47-48-108)96(138)118-80(104(146)124(11)87(39-15-13-2)107(149)123(85)10)54-70-59-125(61-92(134)135)84-40-32-30-36-74(70)84/h29-32,35-37,40,43-46,58-59,64-67,72,76-83,85-88,93,112,128-129H,12-28,33-34,38-39,41-42,47-57,60-63,108-109H2,1-11H3,(H2,110,130)(H,111,137)(H,113,131)(H,114,139)(H,115,143)(H,116,136)(H,117,140)(H,118,138)(H,119,142)(H,120,144)(H,121,141)(H,132,133)(H,134,135)/t66-,67+,72-,76+,77+,78+,79+,80+,81+,82+,83+,85+,86+,87+,88+,93+/m1/s1. The lowest BCUT2D eigenvalue weighted by molar-refractivity contribution is -0.149. The van der Waals surface area contributed by atoms with E-state index < -0.39 is 235 Å². The van der Waals surface area contributed by atoms with Crippen LogP contribution in [-0.2, 0) is 112 Å². The maximum atomic E-state index is 16.1. The lowest BCUT2D eigenvalue weighted by Crippen LogP contribution is -2.62. The molecule has 16 atom stereocenters. The summed E-state index contributed by atoms with van der Waals surface area (Å²) in [5.74, 6) is -18.2. The fourth-order valence-corrected chi connectivity index (χ4v) is 20.3. The monoisotopic (exact) mass is 2110 g/mol. The zero-order valence-corrected chi connectivity index (χ0v) is 89.6. The summed E-state index contributed by atoms with van der Waals surface area (Å²) < 4.78 is 1.46. The number of phenolic OH excluding ortho intramolecular Hbond substituents is 1. The summed E-state index contributed by atoms with van der Waals surface area (Å²) in [7, 11) is 4.04. The molecule has 150 heavy (non-hydrogen) atoms. The van der Waals surface area contributed by atoms with Crippen LogP contribution in [0.1, 0.15) is 245 Å². The Morgan fingerprint density at radius 3 is 1.67 bits per heavy atom. The van der Waals surface area contributed by atoms with E-state index in [0.717, 1.165) is 104 Å². The number of rotatable bonds is 41. The SMILES string of the molecule is CCCC[C@H]1C(=O)N(C)[C@@H](CCCC)C(=O)N[C@@H]([C@H](C)C(C)C)C(=O)N[C@H](C(=O)NCCCCCCCCCCCCCCCCC(=O)O)CSCC(=O)N[C@@H](Cc2ccc(O)cc2)C(=O)N(C)[C@@H](C)C(=O)N[C@@H](CC(N)=O)C(=O)N2CCC[C@H]2C(=O)N[C@@H](CN)C(=O)N[C@@H](CC(C)C)C(=O)N2C[C@H](O)C[C@H]2C(=O)N[C@@H](Cc2c[nH]c3ccccc23)C(=O)N[C@@H](CCN)C(=O)N[C@@H](Cc2cn(CC(=O)O)c3ccccc23)C(=O)N1C. The second kappa shape index (κ2) is 61.5. The molecule has 0 bridgehead atoms. The van der Waals surface area contributed by atoms with Crippen LogP contribution in [-0.4, -0.2) is 317 Å². The number of H-pyrrole nitrogens is 1. The molecule has 0 aliphatic carbocycles. The number of hydrogen-bond acceptors (Lipinski definition) is 23. The third kappa shape index (κ3) is 36.8. The van der Waals surface area contributed by atoms with Crippen LogP contribution in [0, 0.1) is 17.8 Å². The molecule has 21 N–H and O–H groups in total. The molecule has 5 aromatic rings. The molecule has 3 aromatic carbocycles. The Kier molecular flexibility index (Phi) is 50.2.